The predicted molar refractivity (Wildman–Crippen MR) is 115 cm³/mol. The van der Waals surface area contributed by atoms with E-state index in [1.54, 1.807) is 36.5 Å². The van der Waals surface area contributed by atoms with Crippen LogP contribution in [0.3, 0.4) is 0 Å². The highest BCUT2D eigenvalue weighted by atomic mass is 32.2. The van der Waals surface area contributed by atoms with E-state index in [0.29, 0.717) is 30.9 Å². The van der Waals surface area contributed by atoms with Crippen LogP contribution in [-0.4, -0.2) is 49.7 Å². The molecular formula is C20H29N3O3S2. The second-order valence-electron chi connectivity index (χ2n) is 6.78. The molecule has 0 saturated carbocycles. The zero-order valence-corrected chi connectivity index (χ0v) is 18.7. The summed E-state index contributed by atoms with van der Waals surface area (Å²) in [6.45, 7) is 8.70. The Bertz CT molecular complexity index is 891. The molecule has 2 rings (SSSR count). The van der Waals surface area contributed by atoms with E-state index in [0.717, 1.165) is 5.56 Å². The van der Waals surface area contributed by atoms with Gasteiger partial charge in [-0.3, -0.25) is 9.69 Å². The van der Waals surface area contributed by atoms with E-state index in [1.165, 1.54) is 4.31 Å². The van der Waals surface area contributed by atoms with Gasteiger partial charge in [-0.05, 0) is 61.0 Å². The van der Waals surface area contributed by atoms with Crippen molar-refractivity contribution in [3.63, 3.8) is 0 Å². The number of rotatable bonds is 9. The number of aryl methyl sites for hydroxylation is 1. The quantitative estimate of drug-likeness (QED) is 0.670. The molecule has 0 aliphatic heterocycles. The van der Waals surface area contributed by atoms with E-state index in [2.05, 4.69) is 10.7 Å². The summed E-state index contributed by atoms with van der Waals surface area (Å²) >= 11 is 1.63. The minimum Gasteiger partial charge on any atom is -0.325 e. The van der Waals surface area contributed by atoms with Crippen molar-refractivity contribution in [2.75, 3.05) is 25.5 Å². The second-order valence-corrected chi connectivity index (χ2v) is 9.47. The molecule has 6 nitrogen and oxygen atoms in total. The van der Waals surface area contributed by atoms with Gasteiger partial charge in [-0.25, -0.2) is 8.42 Å². The van der Waals surface area contributed by atoms with Crippen LogP contribution in [0, 0.1) is 6.92 Å². The van der Waals surface area contributed by atoms with Crippen molar-refractivity contribution in [2.24, 2.45) is 0 Å². The number of nitrogens with one attached hydrogen (secondary N) is 1. The smallest absolute Gasteiger partial charge is 0.243 e. The van der Waals surface area contributed by atoms with Gasteiger partial charge < -0.3 is 5.32 Å². The lowest BCUT2D eigenvalue weighted by Crippen LogP contribution is -2.39. The summed E-state index contributed by atoms with van der Waals surface area (Å²) < 4.78 is 27.2. The lowest BCUT2D eigenvalue weighted by atomic mass is 10.2. The Morgan fingerprint density at radius 2 is 1.89 bits per heavy atom. The van der Waals surface area contributed by atoms with Crippen LogP contribution in [0.25, 0.3) is 0 Å². The van der Waals surface area contributed by atoms with Crippen LogP contribution in [0.4, 0.5) is 5.69 Å². The van der Waals surface area contributed by atoms with E-state index in [9.17, 15) is 13.2 Å². The van der Waals surface area contributed by atoms with Gasteiger partial charge >= 0.3 is 0 Å². The van der Waals surface area contributed by atoms with Crippen molar-refractivity contribution in [1.82, 2.24) is 9.21 Å². The highest BCUT2D eigenvalue weighted by Gasteiger charge is 2.25. The average molecular weight is 424 g/mol. The standard InChI is InChI=1S/C20H29N3O3S2/c1-6-23(7-2)28(25,26)19-12-18(9-8-15(19)3)21-20(24)16(4)22(5)13-17-10-11-27-14-17/h8-12,14,16H,6-7,13H2,1-5H3,(H,21,24)/t16-/m1/s1. The minimum absolute atomic E-state index is 0.173. The van der Waals surface area contributed by atoms with Gasteiger partial charge in [-0.2, -0.15) is 15.6 Å². The van der Waals surface area contributed by atoms with Gasteiger partial charge in [0.05, 0.1) is 10.9 Å². The maximum absolute atomic E-state index is 12.9. The molecule has 0 spiro atoms. The van der Waals surface area contributed by atoms with Crippen molar-refractivity contribution in [1.29, 1.82) is 0 Å². The first kappa shape index (κ1) is 22.5. The minimum atomic E-state index is -3.59. The topological polar surface area (TPSA) is 69.7 Å². The first-order valence-corrected chi connectivity index (χ1v) is 11.7. The number of thiophene rings is 1. The number of amides is 1. The molecule has 2 aromatic rings. The molecular weight excluding hydrogens is 394 g/mol. The van der Waals surface area contributed by atoms with Crippen LogP contribution in [0.1, 0.15) is 31.9 Å². The molecule has 0 saturated heterocycles. The third-order valence-corrected chi connectivity index (χ3v) is 7.76. The van der Waals surface area contributed by atoms with Gasteiger partial charge in [0.1, 0.15) is 0 Å². The SMILES string of the molecule is CCN(CC)S(=O)(=O)c1cc(NC(=O)[C@@H](C)N(C)Cc2ccsc2)ccc1C. The third-order valence-electron chi connectivity index (χ3n) is 4.83. The van der Waals surface area contributed by atoms with Gasteiger partial charge in [0.2, 0.25) is 15.9 Å². The second kappa shape index (κ2) is 9.65. The molecule has 0 unspecified atom stereocenters. The number of carbonyl (C=O) groups excluding carboxylic acids is 1. The fraction of sp³-hybridized carbons (Fsp3) is 0.450. The highest BCUT2D eigenvalue weighted by Crippen LogP contribution is 2.24. The lowest BCUT2D eigenvalue weighted by molar-refractivity contribution is -0.120. The maximum Gasteiger partial charge on any atom is 0.243 e. The van der Waals surface area contributed by atoms with Crippen LogP contribution in [0.15, 0.2) is 39.9 Å². The van der Waals surface area contributed by atoms with Crippen molar-refractivity contribution in [3.8, 4) is 0 Å². The number of benzene rings is 1. The molecule has 1 amide bonds. The summed E-state index contributed by atoms with van der Waals surface area (Å²) in [7, 11) is -1.69. The van der Waals surface area contributed by atoms with Gasteiger partial charge in [0.25, 0.3) is 0 Å². The Morgan fingerprint density at radius 1 is 1.21 bits per heavy atom. The molecule has 28 heavy (non-hydrogen) atoms. The molecule has 154 valence electrons. The van der Waals surface area contributed by atoms with Crippen molar-refractivity contribution >= 4 is 33.0 Å². The molecule has 0 fully saturated rings. The zero-order chi connectivity index (χ0) is 20.9. The highest BCUT2D eigenvalue weighted by molar-refractivity contribution is 7.89. The molecule has 1 N–H and O–H groups in total. The molecule has 1 aromatic heterocycles. The van der Waals surface area contributed by atoms with E-state index >= 15 is 0 Å². The van der Waals surface area contributed by atoms with Crippen LogP contribution < -0.4 is 5.32 Å². The number of likely N-dealkylation sites (N-methyl/N-ethyl adjacent to an activating group) is 1. The van der Waals surface area contributed by atoms with Gasteiger partial charge in [-0.1, -0.05) is 19.9 Å². The molecule has 1 aromatic carbocycles. The Hall–Kier alpha value is -1.74. The third kappa shape index (κ3) is 5.20. The Balaban J connectivity index is 2.17. The number of nitrogens with zero attached hydrogens (tertiary/aromatic N) is 2. The molecule has 0 aliphatic rings. The summed E-state index contributed by atoms with van der Waals surface area (Å²) in [5.74, 6) is -0.173. The molecule has 0 radical (unpaired) electrons. The molecule has 0 aliphatic carbocycles. The van der Waals surface area contributed by atoms with Gasteiger partial charge in [0, 0.05) is 25.3 Å². The predicted octanol–water partition coefficient (Wildman–Crippen LogP) is 3.55. The maximum atomic E-state index is 12.9. The number of carbonyl (C=O) groups is 1. The monoisotopic (exact) mass is 423 g/mol. The van der Waals surface area contributed by atoms with Crippen LogP contribution >= 0.6 is 11.3 Å². The summed E-state index contributed by atoms with van der Waals surface area (Å²) in [5, 5.41) is 6.93. The summed E-state index contributed by atoms with van der Waals surface area (Å²) in [6, 6.07) is 6.69. The summed E-state index contributed by atoms with van der Waals surface area (Å²) in [6.07, 6.45) is 0. The van der Waals surface area contributed by atoms with Crippen molar-refractivity contribution in [2.45, 2.75) is 45.2 Å². The van der Waals surface area contributed by atoms with Crippen LogP contribution in [0.2, 0.25) is 0 Å². The number of hydrogen-bond donors (Lipinski definition) is 1. The molecule has 8 heteroatoms. The van der Waals surface area contributed by atoms with E-state index in [1.807, 2.05) is 44.2 Å². The Morgan fingerprint density at radius 3 is 2.46 bits per heavy atom. The first-order valence-electron chi connectivity index (χ1n) is 9.33. The number of sulfonamides is 1. The first-order chi connectivity index (χ1) is 13.2. The van der Waals surface area contributed by atoms with E-state index < -0.39 is 10.0 Å². The van der Waals surface area contributed by atoms with Crippen molar-refractivity contribution in [3.05, 3.63) is 46.2 Å². The Labute approximate surface area is 172 Å². The van der Waals surface area contributed by atoms with Gasteiger partial charge in [0.15, 0.2) is 0 Å². The number of anilines is 1. The number of hydrogen-bond acceptors (Lipinski definition) is 5. The summed E-state index contributed by atoms with van der Waals surface area (Å²) in [4.78, 5) is 14.9. The van der Waals surface area contributed by atoms with Crippen LogP contribution in [-0.2, 0) is 21.4 Å². The van der Waals surface area contributed by atoms with Crippen molar-refractivity contribution < 1.29 is 13.2 Å². The largest absolute Gasteiger partial charge is 0.325 e. The van der Waals surface area contributed by atoms with E-state index in [-0.39, 0.29) is 16.8 Å². The molecule has 0 bridgehead atoms. The summed E-state index contributed by atoms with van der Waals surface area (Å²) in [5.41, 5.74) is 2.31. The van der Waals surface area contributed by atoms with Crippen LogP contribution in [0.5, 0.6) is 0 Å². The fourth-order valence-electron chi connectivity index (χ4n) is 2.91. The average Bonchev–Trinajstić information content (AvgIpc) is 3.16. The van der Waals surface area contributed by atoms with E-state index in [4.69, 9.17) is 0 Å². The normalized spacial score (nSPS) is 13.1. The molecule has 1 heterocycles. The fourth-order valence-corrected chi connectivity index (χ4v) is 5.28. The Kier molecular flexibility index (Phi) is 7.77. The van der Waals surface area contributed by atoms with Gasteiger partial charge in [-0.15, -0.1) is 0 Å². The molecule has 1 atom stereocenters. The lowest BCUT2D eigenvalue weighted by Gasteiger charge is -2.24. The zero-order valence-electron chi connectivity index (χ0n) is 17.1.